The summed E-state index contributed by atoms with van der Waals surface area (Å²) in [5.41, 5.74) is 0. The zero-order valence-electron chi connectivity index (χ0n) is 59.1. The summed E-state index contributed by atoms with van der Waals surface area (Å²) in [5.74, 6) is -0.475. The quantitative estimate of drug-likeness (QED) is 0.0222. The standard InChI is InChI=1S/C72H140O17P2/c1-7-10-12-14-15-30-38-44-50-56-71(76)88-67(60-82-69(74)54-48-40-13-11-8-2)62-86-90(78,79)84-58-66(73)59-85-91(80,81)87-63-68(61-83-70(75)55-49-43-37-33-28-24-21-20-23-27-32-36-42-47-53-65(6)9-3)89-72(77)57-51-45-39-34-29-25-19-17-16-18-22-26-31-35-41-46-52-64(4)5/h64-68,73H,7-63H2,1-6H3,(H,78,79)(H,80,81)/t65?,66-,67+,68+/m0/s1. The van der Waals surface area contributed by atoms with Gasteiger partial charge in [0.1, 0.15) is 19.3 Å². The Balaban J connectivity index is 5.12. The van der Waals surface area contributed by atoms with Crippen molar-refractivity contribution in [3.05, 3.63) is 0 Å². The molecular weight excluding hydrogens is 1200 g/mol. The van der Waals surface area contributed by atoms with Crippen molar-refractivity contribution < 1.29 is 80.2 Å². The molecular formula is C72H140O17P2. The van der Waals surface area contributed by atoms with E-state index in [0.29, 0.717) is 25.7 Å². The van der Waals surface area contributed by atoms with Gasteiger partial charge in [-0.15, -0.1) is 0 Å². The molecule has 0 aliphatic carbocycles. The minimum Gasteiger partial charge on any atom is -0.462 e. The number of hydrogen-bond donors (Lipinski definition) is 3. The molecule has 0 aromatic carbocycles. The van der Waals surface area contributed by atoms with Crippen LogP contribution in [0.3, 0.4) is 0 Å². The van der Waals surface area contributed by atoms with Crippen molar-refractivity contribution in [1.29, 1.82) is 0 Å². The number of aliphatic hydroxyl groups is 1. The first-order valence-corrected chi connectivity index (χ1v) is 40.5. The van der Waals surface area contributed by atoms with Gasteiger partial charge in [-0.2, -0.15) is 0 Å². The number of rotatable bonds is 71. The molecule has 0 aromatic rings. The second-order valence-corrected chi connectivity index (χ2v) is 29.6. The van der Waals surface area contributed by atoms with E-state index in [4.69, 9.17) is 37.0 Å². The number of phosphoric acid groups is 2. The number of esters is 4. The van der Waals surface area contributed by atoms with E-state index in [1.165, 1.54) is 180 Å². The van der Waals surface area contributed by atoms with Gasteiger partial charge in [-0.05, 0) is 37.5 Å². The lowest BCUT2D eigenvalue weighted by atomic mass is 9.99. The van der Waals surface area contributed by atoms with Gasteiger partial charge in [0, 0.05) is 25.7 Å². The topological polar surface area (TPSA) is 237 Å². The highest BCUT2D eigenvalue weighted by atomic mass is 31.2. The number of carbonyl (C=O) groups is 4. The van der Waals surface area contributed by atoms with Gasteiger partial charge in [-0.3, -0.25) is 37.3 Å². The van der Waals surface area contributed by atoms with Crippen molar-refractivity contribution in [3.63, 3.8) is 0 Å². The van der Waals surface area contributed by atoms with E-state index in [-0.39, 0.29) is 25.7 Å². The third kappa shape index (κ3) is 65.1. The van der Waals surface area contributed by atoms with Crippen molar-refractivity contribution >= 4 is 39.5 Å². The summed E-state index contributed by atoms with van der Waals surface area (Å²) < 4.78 is 68.1. The van der Waals surface area contributed by atoms with Crippen LogP contribution in [0.25, 0.3) is 0 Å². The maximum Gasteiger partial charge on any atom is 0.472 e. The third-order valence-corrected chi connectivity index (χ3v) is 19.0. The number of carbonyl (C=O) groups excluding carboxylic acids is 4. The molecule has 0 heterocycles. The van der Waals surface area contributed by atoms with E-state index < -0.39 is 97.5 Å². The van der Waals surface area contributed by atoms with E-state index in [9.17, 15) is 43.2 Å². The maximum atomic E-state index is 13.1. The maximum absolute atomic E-state index is 13.1. The van der Waals surface area contributed by atoms with E-state index in [1.54, 1.807) is 0 Å². The predicted octanol–water partition coefficient (Wildman–Crippen LogP) is 20.8. The molecule has 540 valence electrons. The molecule has 91 heavy (non-hydrogen) atoms. The summed E-state index contributed by atoms with van der Waals surface area (Å²) in [5, 5.41) is 10.6. The van der Waals surface area contributed by atoms with Crippen LogP contribution in [0.1, 0.15) is 369 Å². The first-order valence-electron chi connectivity index (χ1n) is 37.5. The lowest BCUT2D eigenvalue weighted by Gasteiger charge is -2.21. The molecule has 0 saturated carbocycles. The third-order valence-electron chi connectivity index (χ3n) is 17.1. The summed E-state index contributed by atoms with van der Waals surface area (Å²) in [6, 6.07) is 0. The first kappa shape index (κ1) is 89.1. The van der Waals surface area contributed by atoms with Gasteiger partial charge in [0.15, 0.2) is 12.2 Å². The van der Waals surface area contributed by atoms with Crippen LogP contribution in [0.15, 0.2) is 0 Å². The highest BCUT2D eigenvalue weighted by Crippen LogP contribution is 2.45. The Bertz CT molecular complexity index is 1770. The second-order valence-electron chi connectivity index (χ2n) is 26.7. The molecule has 0 aromatic heterocycles. The van der Waals surface area contributed by atoms with Gasteiger partial charge >= 0.3 is 39.5 Å². The van der Waals surface area contributed by atoms with E-state index in [0.717, 1.165) is 108 Å². The predicted molar refractivity (Wildman–Crippen MR) is 368 cm³/mol. The summed E-state index contributed by atoms with van der Waals surface area (Å²) in [6.07, 6.45) is 50.4. The van der Waals surface area contributed by atoms with Gasteiger partial charge in [0.05, 0.1) is 26.4 Å². The highest BCUT2D eigenvalue weighted by molar-refractivity contribution is 7.47. The molecule has 19 heteroatoms. The van der Waals surface area contributed by atoms with E-state index in [2.05, 4.69) is 41.5 Å². The van der Waals surface area contributed by atoms with E-state index in [1.807, 2.05) is 0 Å². The Hall–Kier alpha value is -1.94. The molecule has 0 amide bonds. The second kappa shape index (κ2) is 64.1. The van der Waals surface area contributed by atoms with Crippen LogP contribution in [-0.2, 0) is 65.4 Å². The smallest absolute Gasteiger partial charge is 0.462 e. The van der Waals surface area contributed by atoms with Gasteiger partial charge in [-0.1, -0.05) is 318 Å². The summed E-state index contributed by atoms with van der Waals surface area (Å²) in [7, 11) is -9.89. The van der Waals surface area contributed by atoms with E-state index >= 15 is 0 Å². The van der Waals surface area contributed by atoms with Crippen LogP contribution in [-0.4, -0.2) is 96.7 Å². The van der Waals surface area contributed by atoms with Crippen LogP contribution in [0.4, 0.5) is 0 Å². The fourth-order valence-electron chi connectivity index (χ4n) is 10.9. The van der Waals surface area contributed by atoms with Gasteiger partial charge in [0.2, 0.25) is 0 Å². The molecule has 3 N–H and O–H groups in total. The summed E-state index contributed by atoms with van der Waals surface area (Å²) in [4.78, 5) is 72.3. The zero-order chi connectivity index (χ0) is 67.2. The van der Waals surface area contributed by atoms with Gasteiger partial charge in [-0.25, -0.2) is 9.13 Å². The number of phosphoric ester groups is 2. The average Bonchev–Trinajstić information content (AvgIpc) is 3.70. The Labute approximate surface area is 556 Å². The molecule has 0 saturated heterocycles. The molecule has 0 fully saturated rings. The fourth-order valence-corrected chi connectivity index (χ4v) is 12.5. The minimum absolute atomic E-state index is 0.105. The molecule has 17 nitrogen and oxygen atoms in total. The Morgan fingerprint density at radius 1 is 0.319 bits per heavy atom. The Kier molecular flexibility index (Phi) is 62.7. The average molecular weight is 1340 g/mol. The van der Waals surface area contributed by atoms with Gasteiger partial charge < -0.3 is 33.8 Å². The fraction of sp³-hybridized carbons (Fsp3) is 0.944. The number of unbranched alkanes of at least 4 members (excludes halogenated alkanes) is 40. The molecule has 0 rings (SSSR count). The minimum atomic E-state index is -4.95. The van der Waals surface area contributed by atoms with Crippen LogP contribution in [0.2, 0.25) is 0 Å². The number of hydrogen-bond acceptors (Lipinski definition) is 15. The Morgan fingerprint density at radius 3 is 0.835 bits per heavy atom. The van der Waals surface area contributed by atoms with Crippen molar-refractivity contribution in [2.45, 2.75) is 387 Å². The number of aliphatic hydroxyl groups excluding tert-OH is 1. The lowest BCUT2D eigenvalue weighted by molar-refractivity contribution is -0.161. The number of ether oxygens (including phenoxy) is 4. The summed E-state index contributed by atoms with van der Waals surface area (Å²) >= 11 is 0. The summed E-state index contributed by atoms with van der Waals surface area (Å²) in [6.45, 7) is 9.54. The highest BCUT2D eigenvalue weighted by Gasteiger charge is 2.30. The lowest BCUT2D eigenvalue weighted by Crippen LogP contribution is -2.30. The van der Waals surface area contributed by atoms with Crippen LogP contribution in [0, 0.1) is 11.8 Å². The zero-order valence-corrected chi connectivity index (χ0v) is 60.9. The van der Waals surface area contributed by atoms with Crippen LogP contribution in [0.5, 0.6) is 0 Å². The monoisotopic (exact) mass is 1340 g/mol. The molecule has 0 bridgehead atoms. The molecule has 6 atom stereocenters. The van der Waals surface area contributed by atoms with Crippen molar-refractivity contribution in [2.24, 2.45) is 11.8 Å². The Morgan fingerprint density at radius 2 is 0.560 bits per heavy atom. The van der Waals surface area contributed by atoms with Crippen LogP contribution >= 0.6 is 15.6 Å². The largest absolute Gasteiger partial charge is 0.472 e. The normalized spacial score (nSPS) is 14.4. The first-order chi connectivity index (χ1) is 43.9. The van der Waals surface area contributed by atoms with Gasteiger partial charge in [0.25, 0.3) is 0 Å². The molecule has 0 aliphatic rings. The SMILES string of the molecule is CCCCCCCCCCCC(=O)O[C@H](COC(=O)CCCCCCC)COP(=O)(O)OC[C@H](O)COP(=O)(O)OC[C@@H](COC(=O)CCCCCCCCCCCCCCCCC(C)CC)OC(=O)CCCCCCCCCCCCCCCCCCC(C)C. The van der Waals surface area contributed by atoms with Crippen molar-refractivity contribution in [1.82, 2.24) is 0 Å². The van der Waals surface area contributed by atoms with Crippen molar-refractivity contribution in [2.75, 3.05) is 39.6 Å². The molecule has 0 radical (unpaired) electrons. The molecule has 0 aliphatic heterocycles. The van der Waals surface area contributed by atoms with Crippen molar-refractivity contribution in [3.8, 4) is 0 Å². The molecule has 3 unspecified atom stereocenters. The molecule has 0 spiro atoms. The van der Waals surface area contributed by atoms with Crippen LogP contribution < -0.4 is 0 Å².